The third-order valence-electron chi connectivity index (χ3n) is 7.10. The van der Waals surface area contributed by atoms with Crippen molar-refractivity contribution in [3.63, 3.8) is 0 Å². The van der Waals surface area contributed by atoms with Gasteiger partial charge in [-0.3, -0.25) is 0 Å². The van der Waals surface area contributed by atoms with E-state index in [1.165, 1.54) is 18.6 Å². The zero-order valence-electron chi connectivity index (χ0n) is 11.7. The fraction of sp³-hybridized carbons (Fsp3) is 0.647. The van der Waals surface area contributed by atoms with Gasteiger partial charge in [0.2, 0.25) is 0 Å². The number of hydrogen-bond donors (Lipinski definition) is 0. The summed E-state index contributed by atoms with van der Waals surface area (Å²) in [6.07, 6.45) is 3.81. The zero-order chi connectivity index (χ0) is 14.5. The SMILES string of the molecule is C=CC(=O)OC1C2C3CC4C2C(OC(=O)C=C)C2C4C3C12. The lowest BCUT2D eigenvalue weighted by Crippen LogP contribution is -2.53. The number of carbonyl (C=O) groups is 2. The minimum absolute atomic E-state index is 0.0305. The first kappa shape index (κ1) is 12.0. The van der Waals surface area contributed by atoms with Crippen LogP contribution in [0.4, 0.5) is 0 Å². The van der Waals surface area contributed by atoms with Crippen molar-refractivity contribution in [1.82, 2.24) is 0 Å². The monoisotopic (exact) mass is 286 g/mol. The highest BCUT2D eigenvalue weighted by atomic mass is 16.6. The lowest BCUT2D eigenvalue weighted by atomic mass is 9.58. The Balaban J connectivity index is 1.48. The van der Waals surface area contributed by atoms with Crippen molar-refractivity contribution in [2.45, 2.75) is 18.6 Å². The number of rotatable bonds is 4. The van der Waals surface area contributed by atoms with Crippen LogP contribution in [-0.2, 0) is 19.1 Å². The molecule has 0 radical (unpaired) electrons. The van der Waals surface area contributed by atoms with E-state index in [0.29, 0.717) is 47.3 Å². The standard InChI is InChI=1S/C17H18O4/c1-3-8(18)20-16-12-6-5-7-11-10(6)14(16)15(11)17(13(7)12)21-9(19)4-2/h3-4,6-7,10-17H,1-2,5H2. The highest BCUT2D eigenvalue weighted by molar-refractivity contribution is 5.82. The molecule has 4 heteroatoms. The van der Waals surface area contributed by atoms with Gasteiger partial charge in [-0.1, -0.05) is 13.2 Å². The van der Waals surface area contributed by atoms with E-state index >= 15 is 0 Å². The molecule has 5 fully saturated rings. The molecule has 110 valence electrons. The number of ether oxygens (including phenoxy) is 2. The van der Waals surface area contributed by atoms with Crippen molar-refractivity contribution in [3.05, 3.63) is 25.3 Å². The minimum Gasteiger partial charge on any atom is -0.459 e. The topological polar surface area (TPSA) is 52.6 Å². The third kappa shape index (κ3) is 1.13. The molecule has 0 N–H and O–H groups in total. The normalized spacial score (nSPS) is 56.2. The van der Waals surface area contributed by atoms with Crippen molar-refractivity contribution < 1.29 is 19.1 Å². The van der Waals surface area contributed by atoms with Crippen LogP contribution in [0.5, 0.6) is 0 Å². The molecule has 5 aliphatic rings. The summed E-state index contributed by atoms with van der Waals surface area (Å²) in [5, 5.41) is 0. The quantitative estimate of drug-likeness (QED) is 0.581. The van der Waals surface area contributed by atoms with E-state index in [9.17, 15) is 9.59 Å². The molecule has 0 aromatic carbocycles. The molecule has 0 aromatic rings. The minimum atomic E-state index is -0.313. The maximum atomic E-state index is 11.6. The summed E-state index contributed by atoms with van der Waals surface area (Å²) in [5.41, 5.74) is 0. The average Bonchev–Trinajstić information content (AvgIpc) is 2.98. The summed E-state index contributed by atoms with van der Waals surface area (Å²) < 4.78 is 11.4. The third-order valence-corrected chi connectivity index (χ3v) is 7.10. The highest BCUT2D eigenvalue weighted by Gasteiger charge is 2.85. The van der Waals surface area contributed by atoms with E-state index in [1.54, 1.807) is 0 Å². The predicted molar refractivity (Wildman–Crippen MR) is 72.7 cm³/mol. The summed E-state index contributed by atoms with van der Waals surface area (Å²) in [6.45, 7) is 6.99. The van der Waals surface area contributed by atoms with Gasteiger partial charge in [-0.05, 0) is 30.1 Å². The van der Waals surface area contributed by atoms with E-state index in [2.05, 4.69) is 13.2 Å². The van der Waals surface area contributed by atoms with E-state index in [4.69, 9.17) is 9.47 Å². The Morgan fingerprint density at radius 3 is 1.57 bits per heavy atom. The van der Waals surface area contributed by atoms with Crippen LogP contribution < -0.4 is 0 Å². The van der Waals surface area contributed by atoms with Crippen molar-refractivity contribution in [3.8, 4) is 0 Å². The Hall–Kier alpha value is -1.58. The van der Waals surface area contributed by atoms with Crippen molar-refractivity contribution in [1.29, 1.82) is 0 Å². The summed E-state index contributed by atoms with van der Waals surface area (Å²) >= 11 is 0. The van der Waals surface area contributed by atoms with Crippen LogP contribution in [0.25, 0.3) is 0 Å². The van der Waals surface area contributed by atoms with Gasteiger partial charge >= 0.3 is 11.9 Å². The van der Waals surface area contributed by atoms with Crippen LogP contribution in [-0.4, -0.2) is 24.1 Å². The molecule has 21 heavy (non-hydrogen) atoms. The van der Waals surface area contributed by atoms with E-state index in [1.807, 2.05) is 0 Å². The van der Waals surface area contributed by atoms with E-state index in [-0.39, 0.29) is 24.1 Å². The summed E-state index contributed by atoms with van der Waals surface area (Å²) in [5.74, 6) is 3.74. The maximum absolute atomic E-state index is 11.6. The maximum Gasteiger partial charge on any atom is 0.330 e. The molecule has 0 heterocycles. The first-order valence-electron chi connectivity index (χ1n) is 7.83. The van der Waals surface area contributed by atoms with Gasteiger partial charge < -0.3 is 9.47 Å². The second kappa shape index (κ2) is 3.60. The molecular weight excluding hydrogens is 268 g/mol. The Bertz CT molecular complexity index is 527. The summed E-state index contributed by atoms with van der Waals surface area (Å²) in [6, 6.07) is 0. The molecule has 0 spiro atoms. The molecule has 4 nitrogen and oxygen atoms in total. The number of esters is 2. The molecule has 0 aromatic heterocycles. The molecule has 5 saturated carbocycles. The Morgan fingerprint density at radius 1 is 0.762 bits per heavy atom. The van der Waals surface area contributed by atoms with Gasteiger partial charge in [-0.2, -0.15) is 0 Å². The summed E-state index contributed by atoms with van der Waals surface area (Å²) in [7, 11) is 0. The van der Waals surface area contributed by atoms with Crippen LogP contribution in [0, 0.1) is 47.3 Å². The van der Waals surface area contributed by atoms with Gasteiger partial charge in [0.25, 0.3) is 0 Å². The molecule has 5 rings (SSSR count). The van der Waals surface area contributed by atoms with Crippen LogP contribution in [0.1, 0.15) is 6.42 Å². The molecule has 0 aliphatic heterocycles. The highest BCUT2D eigenvalue weighted by Crippen LogP contribution is 2.83. The van der Waals surface area contributed by atoms with Gasteiger partial charge in [0.1, 0.15) is 12.2 Å². The average molecular weight is 286 g/mol. The first-order chi connectivity index (χ1) is 10.2. The Morgan fingerprint density at radius 2 is 1.19 bits per heavy atom. The molecule has 0 amide bonds. The summed E-state index contributed by atoms with van der Waals surface area (Å²) in [4.78, 5) is 23.3. The lowest BCUT2D eigenvalue weighted by Gasteiger charge is -2.49. The molecular formula is C17H18O4. The van der Waals surface area contributed by atoms with Gasteiger partial charge in [-0.15, -0.1) is 0 Å². The second-order valence-electron chi connectivity index (χ2n) is 7.24. The van der Waals surface area contributed by atoms with E-state index in [0.717, 1.165) is 0 Å². The number of carbonyl (C=O) groups excluding carboxylic acids is 2. The second-order valence-corrected chi connectivity index (χ2v) is 7.24. The van der Waals surface area contributed by atoms with Gasteiger partial charge in [0.15, 0.2) is 0 Å². The molecule has 0 saturated heterocycles. The molecule has 2 bridgehead atoms. The number of fused-ring (bicyclic) bond motifs is 2. The van der Waals surface area contributed by atoms with E-state index < -0.39 is 0 Å². The lowest BCUT2D eigenvalue weighted by molar-refractivity contribution is -0.177. The molecule has 10 atom stereocenters. The van der Waals surface area contributed by atoms with Gasteiger partial charge in [0, 0.05) is 35.8 Å². The van der Waals surface area contributed by atoms with Gasteiger partial charge in [-0.25, -0.2) is 9.59 Å². The Labute approximate surface area is 123 Å². The van der Waals surface area contributed by atoms with Crippen LogP contribution in [0.2, 0.25) is 0 Å². The fourth-order valence-corrected chi connectivity index (χ4v) is 7.04. The predicted octanol–water partition coefficient (Wildman–Crippen LogP) is 1.57. The first-order valence-corrected chi connectivity index (χ1v) is 7.83. The van der Waals surface area contributed by atoms with Crippen molar-refractivity contribution in [2.75, 3.05) is 0 Å². The fourth-order valence-electron chi connectivity index (χ4n) is 7.04. The van der Waals surface area contributed by atoms with Crippen LogP contribution in [0.3, 0.4) is 0 Å². The van der Waals surface area contributed by atoms with Crippen LogP contribution >= 0.6 is 0 Å². The molecule has 10 unspecified atom stereocenters. The molecule has 5 aliphatic carbocycles. The number of hydrogen-bond acceptors (Lipinski definition) is 4. The van der Waals surface area contributed by atoms with Crippen LogP contribution in [0.15, 0.2) is 25.3 Å². The largest absolute Gasteiger partial charge is 0.459 e. The van der Waals surface area contributed by atoms with Gasteiger partial charge in [0.05, 0.1) is 0 Å². The van der Waals surface area contributed by atoms with Crippen molar-refractivity contribution >= 4 is 11.9 Å². The smallest absolute Gasteiger partial charge is 0.330 e. The zero-order valence-corrected chi connectivity index (χ0v) is 11.7. The Kier molecular flexibility index (Phi) is 2.06. The van der Waals surface area contributed by atoms with Crippen molar-refractivity contribution in [2.24, 2.45) is 47.3 Å².